The minimum Gasteiger partial charge on any atom is -0.466 e. The SMILES string of the molecule is CCOC(=O)[C@H]1C[C@H]2[C@@H](C[C@H]1C(=O)OCC)C2(Cl)Cl. The molecule has 108 valence electrons. The van der Waals surface area contributed by atoms with Crippen LogP contribution in [0.2, 0.25) is 0 Å². The Labute approximate surface area is 122 Å². The van der Waals surface area contributed by atoms with E-state index in [1.807, 2.05) is 0 Å². The number of ether oxygens (including phenoxy) is 2. The predicted octanol–water partition coefficient (Wildman–Crippen LogP) is 2.56. The Morgan fingerprint density at radius 3 is 1.68 bits per heavy atom. The minimum atomic E-state index is -0.800. The van der Waals surface area contributed by atoms with Crippen LogP contribution in [0.4, 0.5) is 0 Å². The average molecular weight is 309 g/mol. The molecule has 2 saturated carbocycles. The summed E-state index contributed by atoms with van der Waals surface area (Å²) in [7, 11) is 0. The van der Waals surface area contributed by atoms with Gasteiger partial charge in [-0.3, -0.25) is 9.59 Å². The molecule has 2 aliphatic carbocycles. The van der Waals surface area contributed by atoms with Crippen LogP contribution in [0, 0.1) is 23.7 Å². The second kappa shape index (κ2) is 5.49. The molecule has 0 aromatic rings. The van der Waals surface area contributed by atoms with Gasteiger partial charge in [-0.2, -0.15) is 0 Å². The molecule has 0 bridgehead atoms. The zero-order chi connectivity index (χ0) is 14.2. The molecule has 2 fully saturated rings. The molecule has 2 rings (SSSR count). The first-order valence-electron chi connectivity index (χ1n) is 6.64. The number of carbonyl (C=O) groups is 2. The highest BCUT2D eigenvalue weighted by Gasteiger charge is 2.68. The van der Waals surface area contributed by atoms with Gasteiger partial charge in [-0.25, -0.2) is 0 Å². The van der Waals surface area contributed by atoms with Crippen molar-refractivity contribution in [3.8, 4) is 0 Å². The van der Waals surface area contributed by atoms with Gasteiger partial charge >= 0.3 is 11.9 Å². The summed E-state index contributed by atoms with van der Waals surface area (Å²) in [4.78, 5) is 24.0. The number of hydrogen-bond donors (Lipinski definition) is 0. The second-order valence-corrected chi connectivity index (χ2v) is 6.52. The quantitative estimate of drug-likeness (QED) is 0.591. The van der Waals surface area contributed by atoms with Crippen LogP contribution in [0.25, 0.3) is 0 Å². The van der Waals surface area contributed by atoms with E-state index in [9.17, 15) is 9.59 Å². The first-order chi connectivity index (χ1) is 8.93. The number of carbonyl (C=O) groups excluding carboxylic acids is 2. The largest absolute Gasteiger partial charge is 0.466 e. The number of fused-ring (bicyclic) bond motifs is 1. The van der Waals surface area contributed by atoms with Gasteiger partial charge in [0.15, 0.2) is 0 Å². The molecule has 2 aliphatic rings. The molecule has 0 aromatic carbocycles. The average Bonchev–Trinajstić information content (AvgIpc) is 2.90. The fraction of sp³-hybridized carbons (Fsp3) is 0.846. The van der Waals surface area contributed by atoms with Gasteiger partial charge in [0.25, 0.3) is 0 Å². The van der Waals surface area contributed by atoms with Gasteiger partial charge < -0.3 is 9.47 Å². The van der Waals surface area contributed by atoms with Crippen LogP contribution in [0.1, 0.15) is 26.7 Å². The van der Waals surface area contributed by atoms with Crippen molar-refractivity contribution < 1.29 is 19.1 Å². The van der Waals surface area contributed by atoms with Gasteiger partial charge in [0.1, 0.15) is 4.33 Å². The van der Waals surface area contributed by atoms with Gasteiger partial charge in [-0.1, -0.05) is 0 Å². The fourth-order valence-electron chi connectivity index (χ4n) is 3.00. The van der Waals surface area contributed by atoms with Crippen LogP contribution in [0.3, 0.4) is 0 Å². The molecular formula is C13H18Cl2O4. The summed E-state index contributed by atoms with van der Waals surface area (Å²) in [6.45, 7) is 4.08. The third kappa shape index (κ3) is 2.70. The Balaban J connectivity index is 2.12. The first kappa shape index (κ1) is 14.9. The highest BCUT2D eigenvalue weighted by Crippen LogP contribution is 2.67. The molecule has 19 heavy (non-hydrogen) atoms. The summed E-state index contributed by atoms with van der Waals surface area (Å²) >= 11 is 12.3. The van der Waals surface area contributed by atoms with Crippen molar-refractivity contribution in [1.82, 2.24) is 0 Å². The van der Waals surface area contributed by atoms with E-state index >= 15 is 0 Å². The van der Waals surface area contributed by atoms with Crippen LogP contribution < -0.4 is 0 Å². The minimum absolute atomic E-state index is 0.0796. The summed E-state index contributed by atoms with van der Waals surface area (Å²) < 4.78 is 9.28. The molecule has 0 spiro atoms. The van der Waals surface area contributed by atoms with Crippen LogP contribution in [-0.4, -0.2) is 29.5 Å². The predicted molar refractivity (Wildman–Crippen MR) is 70.9 cm³/mol. The second-order valence-electron chi connectivity index (χ2n) is 5.08. The zero-order valence-electron chi connectivity index (χ0n) is 11.0. The van der Waals surface area contributed by atoms with E-state index in [4.69, 9.17) is 32.7 Å². The van der Waals surface area contributed by atoms with E-state index in [1.165, 1.54) is 0 Å². The molecule has 0 unspecified atom stereocenters. The topological polar surface area (TPSA) is 52.6 Å². The maximum absolute atomic E-state index is 12.0. The summed E-state index contributed by atoms with van der Waals surface area (Å²) in [5, 5.41) is 0. The van der Waals surface area contributed by atoms with E-state index in [1.54, 1.807) is 13.8 Å². The summed E-state index contributed by atoms with van der Waals surface area (Å²) in [6, 6.07) is 0. The molecule has 0 heterocycles. The lowest BCUT2D eigenvalue weighted by atomic mass is 9.79. The summed E-state index contributed by atoms with van der Waals surface area (Å²) in [6.07, 6.45) is 1.000. The van der Waals surface area contributed by atoms with Crippen molar-refractivity contribution in [3.05, 3.63) is 0 Å². The van der Waals surface area contributed by atoms with Crippen molar-refractivity contribution in [2.24, 2.45) is 23.7 Å². The maximum Gasteiger partial charge on any atom is 0.309 e. The van der Waals surface area contributed by atoms with E-state index in [0.29, 0.717) is 26.1 Å². The highest BCUT2D eigenvalue weighted by atomic mass is 35.5. The van der Waals surface area contributed by atoms with Crippen molar-refractivity contribution >= 4 is 35.1 Å². The molecule has 0 amide bonds. The van der Waals surface area contributed by atoms with E-state index < -0.39 is 16.2 Å². The van der Waals surface area contributed by atoms with Crippen molar-refractivity contribution in [2.45, 2.75) is 31.0 Å². The lowest BCUT2D eigenvalue weighted by Gasteiger charge is -2.27. The van der Waals surface area contributed by atoms with Gasteiger partial charge in [-0.05, 0) is 38.5 Å². The normalized spacial score (nSPS) is 35.2. The van der Waals surface area contributed by atoms with Crippen molar-refractivity contribution in [3.63, 3.8) is 0 Å². The number of halogens is 2. The summed E-state index contributed by atoms with van der Waals surface area (Å²) in [5.41, 5.74) is 0. The fourth-order valence-corrected chi connectivity index (χ4v) is 3.84. The molecule has 6 heteroatoms. The Bertz CT molecular complexity index is 349. The molecule has 0 saturated heterocycles. The Morgan fingerprint density at radius 2 is 1.37 bits per heavy atom. The summed E-state index contributed by atoms with van der Waals surface area (Å²) in [5.74, 6) is -1.52. The molecule has 4 nitrogen and oxygen atoms in total. The van der Waals surface area contributed by atoms with E-state index in [2.05, 4.69) is 0 Å². The van der Waals surface area contributed by atoms with E-state index in [0.717, 1.165) is 0 Å². The molecule has 0 radical (unpaired) electrons. The third-order valence-electron chi connectivity index (χ3n) is 4.05. The monoisotopic (exact) mass is 308 g/mol. The first-order valence-corrected chi connectivity index (χ1v) is 7.40. The lowest BCUT2D eigenvalue weighted by Crippen LogP contribution is -2.35. The number of alkyl halides is 2. The number of hydrogen-bond acceptors (Lipinski definition) is 4. The van der Waals surface area contributed by atoms with Crippen LogP contribution in [-0.2, 0) is 19.1 Å². The lowest BCUT2D eigenvalue weighted by molar-refractivity contribution is -0.162. The molecule has 0 N–H and O–H groups in total. The Kier molecular flexibility index (Phi) is 4.31. The smallest absolute Gasteiger partial charge is 0.309 e. The Morgan fingerprint density at radius 1 is 1.00 bits per heavy atom. The molecule has 0 aromatic heterocycles. The Hall–Kier alpha value is -0.480. The van der Waals surface area contributed by atoms with Crippen LogP contribution in [0.15, 0.2) is 0 Å². The van der Waals surface area contributed by atoms with Gasteiger partial charge in [0, 0.05) is 0 Å². The highest BCUT2D eigenvalue weighted by molar-refractivity contribution is 6.51. The van der Waals surface area contributed by atoms with Crippen molar-refractivity contribution in [1.29, 1.82) is 0 Å². The van der Waals surface area contributed by atoms with Crippen molar-refractivity contribution in [2.75, 3.05) is 13.2 Å². The third-order valence-corrected chi connectivity index (χ3v) is 5.17. The molecular weight excluding hydrogens is 291 g/mol. The number of esters is 2. The van der Waals surface area contributed by atoms with E-state index in [-0.39, 0.29) is 23.8 Å². The van der Waals surface area contributed by atoms with Crippen LogP contribution >= 0.6 is 23.2 Å². The van der Waals surface area contributed by atoms with Gasteiger partial charge in [0.2, 0.25) is 0 Å². The van der Waals surface area contributed by atoms with Gasteiger partial charge in [-0.15, -0.1) is 23.2 Å². The molecule has 4 atom stereocenters. The van der Waals surface area contributed by atoms with Crippen LogP contribution in [0.5, 0.6) is 0 Å². The van der Waals surface area contributed by atoms with Gasteiger partial charge in [0.05, 0.1) is 25.0 Å². The standard InChI is InChI=1S/C13H18Cl2O4/c1-3-18-11(16)7-5-9-10(13(9,14)15)6-8(7)12(17)19-4-2/h7-10H,3-6H2,1-2H3/t7-,8+,9-,10+. The number of rotatable bonds is 4. The zero-order valence-corrected chi connectivity index (χ0v) is 12.5. The maximum atomic E-state index is 12.0. The molecule has 0 aliphatic heterocycles.